The van der Waals surface area contributed by atoms with Crippen molar-refractivity contribution < 1.29 is 9.84 Å². The van der Waals surface area contributed by atoms with Gasteiger partial charge in [0, 0.05) is 10.9 Å². The minimum absolute atomic E-state index is 0.529. The van der Waals surface area contributed by atoms with Crippen molar-refractivity contribution in [3.8, 4) is 5.75 Å². The van der Waals surface area contributed by atoms with Crippen molar-refractivity contribution in [1.82, 2.24) is 0 Å². The number of hydrogen-bond acceptors (Lipinski definition) is 2. The summed E-state index contributed by atoms with van der Waals surface area (Å²) in [7, 11) is 1.64. The van der Waals surface area contributed by atoms with Crippen molar-refractivity contribution in [2.75, 3.05) is 7.11 Å². The Labute approximate surface area is 115 Å². The van der Waals surface area contributed by atoms with Gasteiger partial charge in [0.2, 0.25) is 0 Å². The average Bonchev–Trinajstić information content (AvgIpc) is 2.39. The molecule has 0 aliphatic rings. The van der Waals surface area contributed by atoms with E-state index in [1.165, 1.54) is 0 Å². The fraction of sp³-hybridized carbons (Fsp3) is 0.200. The molecular formula is C15H15BrO2. The summed E-state index contributed by atoms with van der Waals surface area (Å²) in [5, 5.41) is 10.2. The zero-order valence-corrected chi connectivity index (χ0v) is 11.7. The van der Waals surface area contributed by atoms with Crippen molar-refractivity contribution in [2.24, 2.45) is 0 Å². The monoisotopic (exact) mass is 306 g/mol. The molecule has 0 radical (unpaired) electrons. The molecule has 2 nitrogen and oxygen atoms in total. The zero-order valence-electron chi connectivity index (χ0n) is 10.1. The van der Waals surface area contributed by atoms with Crippen molar-refractivity contribution in [3.63, 3.8) is 0 Å². The van der Waals surface area contributed by atoms with Crippen LogP contribution in [0.5, 0.6) is 5.75 Å². The average molecular weight is 307 g/mol. The molecule has 0 bridgehead atoms. The van der Waals surface area contributed by atoms with E-state index in [2.05, 4.69) is 15.9 Å². The van der Waals surface area contributed by atoms with E-state index >= 15 is 0 Å². The second-order valence-electron chi connectivity index (χ2n) is 4.09. The Bertz CT molecular complexity index is 525. The maximum atomic E-state index is 10.2. The lowest BCUT2D eigenvalue weighted by molar-refractivity contribution is 0.177. The highest BCUT2D eigenvalue weighted by Crippen LogP contribution is 2.26. The molecule has 2 aromatic rings. The molecule has 0 aliphatic carbocycles. The number of aliphatic hydroxyl groups is 1. The van der Waals surface area contributed by atoms with E-state index in [0.717, 1.165) is 21.3 Å². The SMILES string of the molecule is COc1ccccc1CC(O)c1cccc(Br)c1. The van der Waals surface area contributed by atoms with E-state index in [4.69, 9.17) is 4.74 Å². The lowest BCUT2D eigenvalue weighted by Gasteiger charge is -2.14. The molecule has 18 heavy (non-hydrogen) atoms. The predicted molar refractivity (Wildman–Crippen MR) is 75.8 cm³/mol. The first-order chi connectivity index (χ1) is 8.70. The minimum Gasteiger partial charge on any atom is -0.496 e. The molecule has 1 N–H and O–H groups in total. The fourth-order valence-corrected chi connectivity index (χ4v) is 2.33. The van der Waals surface area contributed by atoms with Crippen LogP contribution in [0.15, 0.2) is 53.0 Å². The van der Waals surface area contributed by atoms with Crippen LogP contribution in [-0.2, 0) is 6.42 Å². The highest BCUT2D eigenvalue weighted by atomic mass is 79.9. The quantitative estimate of drug-likeness (QED) is 0.932. The van der Waals surface area contributed by atoms with Crippen LogP contribution in [0.2, 0.25) is 0 Å². The number of rotatable bonds is 4. The third-order valence-electron chi connectivity index (χ3n) is 2.84. The van der Waals surface area contributed by atoms with Crippen LogP contribution in [0.4, 0.5) is 0 Å². The van der Waals surface area contributed by atoms with Crippen LogP contribution < -0.4 is 4.74 Å². The Hall–Kier alpha value is -1.32. The van der Waals surface area contributed by atoms with Crippen LogP contribution >= 0.6 is 15.9 Å². The number of hydrogen-bond donors (Lipinski definition) is 1. The molecular weight excluding hydrogens is 292 g/mol. The molecule has 0 saturated carbocycles. The van der Waals surface area contributed by atoms with Crippen molar-refractivity contribution in [1.29, 1.82) is 0 Å². The van der Waals surface area contributed by atoms with Crippen LogP contribution in [0.25, 0.3) is 0 Å². The van der Waals surface area contributed by atoms with Gasteiger partial charge in [0.05, 0.1) is 13.2 Å². The van der Waals surface area contributed by atoms with Gasteiger partial charge in [0.25, 0.3) is 0 Å². The third-order valence-corrected chi connectivity index (χ3v) is 3.33. The molecule has 0 saturated heterocycles. The fourth-order valence-electron chi connectivity index (χ4n) is 1.91. The van der Waals surface area contributed by atoms with Gasteiger partial charge in [-0.05, 0) is 29.3 Å². The second-order valence-corrected chi connectivity index (χ2v) is 5.00. The molecule has 0 amide bonds. The molecule has 0 heterocycles. The van der Waals surface area contributed by atoms with Gasteiger partial charge < -0.3 is 9.84 Å². The molecule has 3 heteroatoms. The number of ether oxygens (including phenoxy) is 1. The Kier molecular flexibility index (Phi) is 4.39. The van der Waals surface area contributed by atoms with Crippen LogP contribution in [-0.4, -0.2) is 12.2 Å². The Morgan fingerprint density at radius 3 is 2.67 bits per heavy atom. The summed E-state index contributed by atoms with van der Waals surface area (Å²) in [5.41, 5.74) is 1.91. The number of para-hydroxylation sites is 1. The van der Waals surface area contributed by atoms with Gasteiger partial charge in [-0.2, -0.15) is 0 Å². The smallest absolute Gasteiger partial charge is 0.122 e. The summed E-state index contributed by atoms with van der Waals surface area (Å²) < 4.78 is 6.26. The maximum Gasteiger partial charge on any atom is 0.122 e. The van der Waals surface area contributed by atoms with Gasteiger partial charge in [-0.15, -0.1) is 0 Å². The van der Waals surface area contributed by atoms with Crippen LogP contribution in [0.1, 0.15) is 17.2 Å². The zero-order chi connectivity index (χ0) is 13.0. The van der Waals surface area contributed by atoms with Gasteiger partial charge >= 0.3 is 0 Å². The first kappa shape index (κ1) is 13.1. The molecule has 0 fully saturated rings. The van der Waals surface area contributed by atoms with Crippen molar-refractivity contribution >= 4 is 15.9 Å². The van der Waals surface area contributed by atoms with Crippen molar-refractivity contribution in [3.05, 3.63) is 64.1 Å². The number of benzene rings is 2. The lowest BCUT2D eigenvalue weighted by Crippen LogP contribution is -2.03. The number of halogens is 1. The Morgan fingerprint density at radius 2 is 1.94 bits per heavy atom. The maximum absolute atomic E-state index is 10.2. The van der Waals surface area contributed by atoms with Crippen LogP contribution in [0, 0.1) is 0 Å². The highest BCUT2D eigenvalue weighted by Gasteiger charge is 2.11. The first-order valence-electron chi connectivity index (χ1n) is 5.76. The molecule has 94 valence electrons. The molecule has 2 aromatic carbocycles. The largest absolute Gasteiger partial charge is 0.496 e. The summed E-state index contributed by atoms with van der Waals surface area (Å²) in [4.78, 5) is 0. The summed E-state index contributed by atoms with van der Waals surface area (Å²) in [5.74, 6) is 0.812. The minimum atomic E-state index is -0.529. The summed E-state index contributed by atoms with van der Waals surface area (Å²) in [6.07, 6.45) is 0.0132. The third kappa shape index (κ3) is 3.12. The van der Waals surface area contributed by atoms with Gasteiger partial charge in [-0.1, -0.05) is 46.3 Å². The summed E-state index contributed by atoms with van der Waals surface area (Å²) in [6, 6.07) is 15.5. The first-order valence-corrected chi connectivity index (χ1v) is 6.55. The van der Waals surface area contributed by atoms with E-state index in [1.54, 1.807) is 7.11 Å². The van der Waals surface area contributed by atoms with E-state index in [0.29, 0.717) is 6.42 Å². The highest BCUT2D eigenvalue weighted by molar-refractivity contribution is 9.10. The molecule has 1 unspecified atom stereocenters. The number of methoxy groups -OCH3 is 1. The molecule has 0 aliphatic heterocycles. The van der Waals surface area contributed by atoms with Gasteiger partial charge in [0.15, 0.2) is 0 Å². The molecule has 1 atom stereocenters. The van der Waals surface area contributed by atoms with Gasteiger partial charge in [-0.25, -0.2) is 0 Å². The van der Waals surface area contributed by atoms with E-state index in [9.17, 15) is 5.11 Å². The van der Waals surface area contributed by atoms with Gasteiger partial charge in [-0.3, -0.25) is 0 Å². The number of aliphatic hydroxyl groups excluding tert-OH is 1. The Morgan fingerprint density at radius 1 is 1.17 bits per heavy atom. The van der Waals surface area contributed by atoms with E-state index in [1.807, 2.05) is 48.5 Å². The summed E-state index contributed by atoms with van der Waals surface area (Å²) in [6.45, 7) is 0. The van der Waals surface area contributed by atoms with Crippen LogP contribution in [0.3, 0.4) is 0 Å². The van der Waals surface area contributed by atoms with E-state index < -0.39 is 6.10 Å². The standard InChI is InChI=1S/C15H15BrO2/c1-18-15-8-3-2-5-12(15)10-14(17)11-6-4-7-13(16)9-11/h2-9,14,17H,10H2,1H3. The molecule has 2 rings (SSSR count). The van der Waals surface area contributed by atoms with Crippen molar-refractivity contribution in [2.45, 2.75) is 12.5 Å². The molecule has 0 aromatic heterocycles. The normalized spacial score (nSPS) is 12.2. The van der Waals surface area contributed by atoms with E-state index in [-0.39, 0.29) is 0 Å². The second kappa shape index (κ2) is 6.03. The molecule has 0 spiro atoms. The Balaban J connectivity index is 2.18. The predicted octanol–water partition coefficient (Wildman–Crippen LogP) is 3.73. The lowest BCUT2D eigenvalue weighted by atomic mass is 10.0. The topological polar surface area (TPSA) is 29.5 Å². The van der Waals surface area contributed by atoms with Gasteiger partial charge in [0.1, 0.15) is 5.75 Å². The summed E-state index contributed by atoms with van der Waals surface area (Å²) >= 11 is 3.41.